The third-order valence-corrected chi connectivity index (χ3v) is 5.68. The minimum Gasteiger partial charge on any atom is -0.367 e. The van der Waals surface area contributed by atoms with Gasteiger partial charge in [-0.3, -0.25) is 4.79 Å². The molecular weight excluding hydrogens is 307 g/mol. The third-order valence-electron chi connectivity index (χ3n) is 5.68. The summed E-state index contributed by atoms with van der Waals surface area (Å²) in [6.45, 7) is 6.59. The number of halogens is 1. The Hall–Kier alpha value is -2.08. The Bertz CT molecular complexity index is 814. The molecule has 2 aliphatic heterocycles. The van der Waals surface area contributed by atoms with Crippen molar-refractivity contribution in [3.05, 3.63) is 28.7 Å². The fraction of sp³-hybridized carbons (Fsp3) is 0.500. The van der Waals surface area contributed by atoms with Crippen molar-refractivity contribution in [1.29, 1.82) is 0 Å². The first-order chi connectivity index (χ1) is 11.5. The lowest BCUT2D eigenvalue weighted by Gasteiger charge is -2.24. The number of nitrogens with zero attached hydrogens (tertiary/aromatic N) is 1. The Morgan fingerprint density at radius 1 is 1.38 bits per heavy atom. The van der Waals surface area contributed by atoms with Gasteiger partial charge in [0.2, 0.25) is 0 Å². The zero-order valence-corrected chi connectivity index (χ0v) is 14.1. The normalized spacial score (nSPS) is 23.7. The smallest absolute Gasteiger partial charge is 0.250 e. The van der Waals surface area contributed by atoms with Gasteiger partial charge in [-0.25, -0.2) is 4.39 Å². The number of hydrogen-bond donors (Lipinski definition) is 3. The van der Waals surface area contributed by atoms with Crippen LogP contribution in [0.2, 0.25) is 0 Å². The molecule has 1 aromatic heterocycles. The molecule has 128 valence electrons. The van der Waals surface area contributed by atoms with Crippen LogP contribution in [0.3, 0.4) is 0 Å². The van der Waals surface area contributed by atoms with Crippen LogP contribution in [0, 0.1) is 25.6 Å². The van der Waals surface area contributed by atoms with Gasteiger partial charge in [0.25, 0.3) is 5.91 Å². The fourth-order valence-corrected chi connectivity index (χ4v) is 4.34. The fourth-order valence-electron chi connectivity index (χ4n) is 4.34. The van der Waals surface area contributed by atoms with Crippen LogP contribution in [-0.2, 0) is 0 Å². The van der Waals surface area contributed by atoms with Crippen molar-refractivity contribution in [3.8, 4) is 0 Å². The molecule has 0 saturated carbocycles. The first kappa shape index (κ1) is 15.4. The van der Waals surface area contributed by atoms with E-state index in [-0.39, 0.29) is 11.4 Å². The zero-order chi connectivity index (χ0) is 17.0. The molecule has 1 amide bonds. The summed E-state index contributed by atoms with van der Waals surface area (Å²) in [4.78, 5) is 17.1. The molecule has 2 aliphatic rings. The molecule has 1 aromatic carbocycles. The van der Waals surface area contributed by atoms with Crippen molar-refractivity contribution in [2.24, 2.45) is 11.7 Å². The van der Waals surface area contributed by atoms with Crippen LogP contribution in [0.1, 0.15) is 34.5 Å². The van der Waals surface area contributed by atoms with Gasteiger partial charge in [0.15, 0.2) is 0 Å². The second-order valence-electron chi connectivity index (χ2n) is 7.11. The van der Waals surface area contributed by atoms with Gasteiger partial charge in [-0.1, -0.05) is 0 Å². The van der Waals surface area contributed by atoms with E-state index in [4.69, 9.17) is 5.73 Å². The summed E-state index contributed by atoms with van der Waals surface area (Å²) < 4.78 is 15.0. The number of fused-ring (bicyclic) bond motifs is 2. The van der Waals surface area contributed by atoms with E-state index in [2.05, 4.69) is 15.2 Å². The molecule has 2 saturated heterocycles. The number of nitrogens with two attached hydrogens (primary N) is 1. The second-order valence-corrected chi connectivity index (χ2v) is 7.11. The van der Waals surface area contributed by atoms with E-state index >= 15 is 0 Å². The van der Waals surface area contributed by atoms with Crippen LogP contribution in [0.5, 0.6) is 0 Å². The quantitative estimate of drug-likeness (QED) is 0.790. The number of nitrogens with one attached hydrogen (secondary N) is 2. The summed E-state index contributed by atoms with van der Waals surface area (Å²) in [5, 5.41) is 4.34. The summed E-state index contributed by atoms with van der Waals surface area (Å²) in [5.74, 6) is -0.412. The molecule has 24 heavy (non-hydrogen) atoms. The number of aromatic nitrogens is 1. The SMILES string of the molecule is Cc1[nH]c2c(C(N)=O)cc(F)c(N3C[C@@H]4CCCN[C@@H]4C3)c2c1C. The van der Waals surface area contributed by atoms with E-state index in [1.807, 2.05) is 13.8 Å². The van der Waals surface area contributed by atoms with Gasteiger partial charge in [-0.05, 0) is 50.8 Å². The highest BCUT2D eigenvalue weighted by atomic mass is 19.1. The van der Waals surface area contributed by atoms with Crippen LogP contribution < -0.4 is 16.0 Å². The van der Waals surface area contributed by atoms with Crippen LogP contribution in [0.4, 0.5) is 10.1 Å². The highest BCUT2D eigenvalue weighted by Gasteiger charge is 2.36. The molecule has 0 spiro atoms. The average Bonchev–Trinajstić information content (AvgIpc) is 3.09. The van der Waals surface area contributed by atoms with Gasteiger partial charge in [0.05, 0.1) is 16.8 Å². The zero-order valence-electron chi connectivity index (χ0n) is 14.1. The molecule has 6 heteroatoms. The number of hydrogen-bond acceptors (Lipinski definition) is 3. The van der Waals surface area contributed by atoms with Gasteiger partial charge < -0.3 is 20.9 Å². The summed E-state index contributed by atoms with van der Waals surface area (Å²) in [5.41, 5.74) is 8.85. The predicted molar refractivity (Wildman–Crippen MR) is 93.0 cm³/mol. The molecule has 2 aromatic rings. The number of carbonyl (C=O) groups is 1. The number of carbonyl (C=O) groups excluding carboxylic acids is 1. The van der Waals surface area contributed by atoms with Crippen LogP contribution in [0.15, 0.2) is 6.07 Å². The summed E-state index contributed by atoms with van der Waals surface area (Å²) in [7, 11) is 0. The molecule has 5 nitrogen and oxygen atoms in total. The summed E-state index contributed by atoms with van der Waals surface area (Å²) >= 11 is 0. The minimum absolute atomic E-state index is 0.220. The van der Waals surface area contributed by atoms with E-state index in [9.17, 15) is 9.18 Å². The highest BCUT2D eigenvalue weighted by molar-refractivity contribution is 6.10. The van der Waals surface area contributed by atoms with Crippen molar-refractivity contribution >= 4 is 22.5 Å². The van der Waals surface area contributed by atoms with Crippen LogP contribution in [-0.4, -0.2) is 36.6 Å². The lowest BCUT2D eigenvalue weighted by atomic mass is 9.94. The molecule has 3 heterocycles. The van der Waals surface area contributed by atoms with Crippen LogP contribution in [0.25, 0.3) is 10.9 Å². The maximum absolute atomic E-state index is 15.0. The van der Waals surface area contributed by atoms with Crippen molar-refractivity contribution in [2.45, 2.75) is 32.7 Å². The van der Waals surface area contributed by atoms with Crippen molar-refractivity contribution in [3.63, 3.8) is 0 Å². The van der Waals surface area contributed by atoms with Gasteiger partial charge in [-0.2, -0.15) is 0 Å². The second kappa shape index (κ2) is 5.48. The van der Waals surface area contributed by atoms with Gasteiger partial charge in [0.1, 0.15) is 5.82 Å². The lowest BCUT2D eigenvalue weighted by Crippen LogP contribution is -2.40. The summed E-state index contributed by atoms with van der Waals surface area (Å²) in [6.07, 6.45) is 2.36. The number of amides is 1. The topological polar surface area (TPSA) is 74.2 Å². The molecule has 4 rings (SSSR count). The number of aryl methyl sites for hydroxylation is 2. The third kappa shape index (κ3) is 2.20. The number of H-pyrrole nitrogens is 1. The van der Waals surface area contributed by atoms with E-state index in [0.717, 1.165) is 36.3 Å². The number of rotatable bonds is 2. The number of aromatic amines is 1. The number of piperidine rings is 1. The van der Waals surface area contributed by atoms with E-state index in [1.165, 1.54) is 18.9 Å². The maximum atomic E-state index is 15.0. The Labute approximate surface area is 140 Å². The van der Waals surface area contributed by atoms with Gasteiger partial charge in [0, 0.05) is 30.2 Å². The van der Waals surface area contributed by atoms with Gasteiger partial charge >= 0.3 is 0 Å². The molecule has 2 fully saturated rings. The van der Waals surface area contributed by atoms with Crippen molar-refractivity contribution in [2.75, 3.05) is 24.5 Å². The maximum Gasteiger partial charge on any atom is 0.250 e. The van der Waals surface area contributed by atoms with Crippen molar-refractivity contribution < 1.29 is 9.18 Å². The molecule has 4 N–H and O–H groups in total. The first-order valence-electron chi connectivity index (χ1n) is 8.57. The molecule has 0 unspecified atom stereocenters. The lowest BCUT2D eigenvalue weighted by molar-refractivity contribution is 0.100. The molecule has 0 radical (unpaired) electrons. The Morgan fingerprint density at radius 2 is 2.17 bits per heavy atom. The first-order valence-corrected chi connectivity index (χ1v) is 8.57. The largest absolute Gasteiger partial charge is 0.367 e. The Morgan fingerprint density at radius 3 is 2.88 bits per heavy atom. The van der Waals surface area contributed by atoms with Crippen LogP contribution >= 0.6 is 0 Å². The van der Waals surface area contributed by atoms with E-state index < -0.39 is 5.91 Å². The number of primary amides is 1. The van der Waals surface area contributed by atoms with Crippen molar-refractivity contribution in [1.82, 2.24) is 10.3 Å². The number of benzene rings is 1. The molecule has 0 aliphatic carbocycles. The standard InChI is InChI=1S/C18H23FN4O/c1-9-10(2)22-16-12(18(20)24)6-13(19)17(15(9)16)23-7-11-4-3-5-21-14(11)8-23/h6,11,14,21-22H,3-5,7-8H2,1-2H3,(H2,20,24)/t11-,14+/m0/s1. The molecule has 2 atom stereocenters. The highest BCUT2D eigenvalue weighted by Crippen LogP contribution is 2.39. The van der Waals surface area contributed by atoms with E-state index in [0.29, 0.717) is 23.2 Å². The Balaban J connectivity index is 1.88. The monoisotopic (exact) mass is 330 g/mol. The molecular formula is C18H23FN4O. The predicted octanol–water partition coefficient (Wildman–Crippen LogP) is 2.21. The Kier molecular flexibility index (Phi) is 3.53. The number of anilines is 1. The minimum atomic E-state index is -0.608. The molecule has 0 bridgehead atoms. The van der Waals surface area contributed by atoms with E-state index in [1.54, 1.807) is 0 Å². The van der Waals surface area contributed by atoms with Gasteiger partial charge in [-0.15, -0.1) is 0 Å². The average molecular weight is 330 g/mol. The summed E-state index contributed by atoms with van der Waals surface area (Å²) in [6, 6.07) is 1.70.